The van der Waals surface area contributed by atoms with Gasteiger partial charge in [0, 0.05) is 19.6 Å². The first-order valence-corrected chi connectivity index (χ1v) is 5.58. The molecule has 1 atom stereocenters. The van der Waals surface area contributed by atoms with Crippen molar-refractivity contribution >= 4 is 0 Å². The molecule has 0 amide bonds. The minimum absolute atomic E-state index is 0.176. The normalized spacial score (nSPS) is 13.5. The third-order valence-electron chi connectivity index (χ3n) is 2.03. The summed E-state index contributed by atoms with van der Waals surface area (Å²) in [5.41, 5.74) is 0.829. The van der Waals surface area contributed by atoms with Gasteiger partial charge in [0.25, 0.3) is 0 Å². The molecular formula is C12H26FNO. The molecule has 0 heterocycles. The van der Waals surface area contributed by atoms with Gasteiger partial charge in [0.2, 0.25) is 0 Å². The monoisotopic (exact) mass is 219 g/mol. The number of methoxy groups -OCH3 is 1. The lowest BCUT2D eigenvalue weighted by atomic mass is 9.98. The highest BCUT2D eigenvalue weighted by Gasteiger charge is 2.13. The standard InChI is InChI=1S/C10H20FNO.C2H6/c1-5-9(6-11)10(8-13-4)7-12(2)3;1-2/h6,10H,5,7-8H2,1-4H3;1-2H3/b9-6+;. The molecule has 0 fully saturated rings. The predicted molar refractivity (Wildman–Crippen MR) is 64.8 cm³/mol. The Morgan fingerprint density at radius 2 is 1.93 bits per heavy atom. The van der Waals surface area contributed by atoms with Crippen molar-refractivity contribution in [3.05, 3.63) is 11.9 Å². The van der Waals surface area contributed by atoms with Crippen LogP contribution in [-0.2, 0) is 4.74 Å². The highest BCUT2D eigenvalue weighted by Crippen LogP contribution is 2.16. The zero-order valence-corrected chi connectivity index (χ0v) is 11.0. The first-order valence-electron chi connectivity index (χ1n) is 5.58. The van der Waals surface area contributed by atoms with E-state index in [9.17, 15) is 4.39 Å². The van der Waals surface area contributed by atoms with Gasteiger partial charge in [-0.05, 0) is 26.1 Å². The number of hydrogen-bond acceptors (Lipinski definition) is 2. The van der Waals surface area contributed by atoms with Gasteiger partial charge < -0.3 is 9.64 Å². The summed E-state index contributed by atoms with van der Waals surface area (Å²) >= 11 is 0. The molecular weight excluding hydrogens is 193 g/mol. The van der Waals surface area contributed by atoms with Crippen LogP contribution in [0.2, 0.25) is 0 Å². The number of hydrogen-bond donors (Lipinski definition) is 0. The van der Waals surface area contributed by atoms with Crippen molar-refractivity contribution in [2.75, 3.05) is 34.4 Å². The fourth-order valence-electron chi connectivity index (χ4n) is 1.37. The van der Waals surface area contributed by atoms with E-state index in [1.807, 2.05) is 39.8 Å². The van der Waals surface area contributed by atoms with E-state index in [0.717, 1.165) is 18.5 Å². The highest BCUT2D eigenvalue weighted by molar-refractivity contribution is 5.03. The SMILES string of the molecule is CC.CC/C(=C\F)C(COC)CN(C)C. The second kappa shape index (κ2) is 11.7. The van der Waals surface area contributed by atoms with E-state index in [1.165, 1.54) is 0 Å². The molecule has 0 aliphatic heterocycles. The molecule has 0 aliphatic carbocycles. The maximum atomic E-state index is 12.4. The van der Waals surface area contributed by atoms with Gasteiger partial charge in [-0.15, -0.1) is 0 Å². The molecule has 0 bridgehead atoms. The summed E-state index contributed by atoms with van der Waals surface area (Å²) in [6.07, 6.45) is 1.46. The van der Waals surface area contributed by atoms with Crippen LogP contribution in [0.15, 0.2) is 11.9 Å². The molecule has 3 heteroatoms. The van der Waals surface area contributed by atoms with Crippen LogP contribution in [0.4, 0.5) is 4.39 Å². The summed E-state index contributed by atoms with van der Waals surface area (Å²) in [5.74, 6) is 0.176. The molecule has 0 radical (unpaired) electrons. The van der Waals surface area contributed by atoms with Crippen molar-refractivity contribution in [2.24, 2.45) is 5.92 Å². The molecule has 0 N–H and O–H groups in total. The third kappa shape index (κ3) is 8.58. The first-order chi connectivity index (χ1) is 7.15. The van der Waals surface area contributed by atoms with E-state index in [2.05, 4.69) is 0 Å². The van der Waals surface area contributed by atoms with Crippen LogP contribution in [0.25, 0.3) is 0 Å². The van der Waals surface area contributed by atoms with Crippen LogP contribution in [-0.4, -0.2) is 39.3 Å². The molecule has 2 nitrogen and oxygen atoms in total. The largest absolute Gasteiger partial charge is 0.384 e. The fraction of sp³-hybridized carbons (Fsp3) is 0.833. The van der Waals surface area contributed by atoms with E-state index in [-0.39, 0.29) is 5.92 Å². The Balaban J connectivity index is 0. The molecule has 0 rings (SSSR count). The summed E-state index contributed by atoms with van der Waals surface area (Å²) in [6.45, 7) is 7.38. The van der Waals surface area contributed by atoms with Gasteiger partial charge in [-0.3, -0.25) is 0 Å². The first kappa shape index (κ1) is 17.0. The van der Waals surface area contributed by atoms with Crippen molar-refractivity contribution < 1.29 is 9.13 Å². The Labute approximate surface area is 94.1 Å². The van der Waals surface area contributed by atoms with Crippen molar-refractivity contribution in [2.45, 2.75) is 27.2 Å². The average Bonchev–Trinajstić information content (AvgIpc) is 2.22. The summed E-state index contributed by atoms with van der Waals surface area (Å²) in [7, 11) is 5.61. The molecule has 0 spiro atoms. The maximum Gasteiger partial charge on any atom is 0.0862 e. The van der Waals surface area contributed by atoms with Gasteiger partial charge >= 0.3 is 0 Å². The average molecular weight is 219 g/mol. The van der Waals surface area contributed by atoms with Crippen LogP contribution >= 0.6 is 0 Å². The Bertz CT molecular complexity index is 158. The second-order valence-electron chi connectivity index (χ2n) is 3.45. The zero-order chi connectivity index (χ0) is 12.3. The Hall–Kier alpha value is -0.410. The smallest absolute Gasteiger partial charge is 0.0862 e. The highest BCUT2D eigenvalue weighted by atomic mass is 19.1. The van der Waals surface area contributed by atoms with Crippen molar-refractivity contribution in [3.63, 3.8) is 0 Å². The van der Waals surface area contributed by atoms with E-state index in [4.69, 9.17) is 4.74 Å². The molecule has 0 aromatic heterocycles. The van der Waals surface area contributed by atoms with Gasteiger partial charge in [-0.25, -0.2) is 4.39 Å². The van der Waals surface area contributed by atoms with Crippen LogP contribution in [0.5, 0.6) is 0 Å². The number of halogens is 1. The van der Waals surface area contributed by atoms with Gasteiger partial charge in [0.05, 0.1) is 12.9 Å². The molecule has 15 heavy (non-hydrogen) atoms. The molecule has 0 saturated carbocycles. The lowest BCUT2D eigenvalue weighted by Crippen LogP contribution is -2.26. The van der Waals surface area contributed by atoms with Gasteiger partial charge in [0.1, 0.15) is 0 Å². The van der Waals surface area contributed by atoms with Crippen LogP contribution in [0.3, 0.4) is 0 Å². The molecule has 0 aromatic carbocycles. The summed E-state index contributed by atoms with van der Waals surface area (Å²) in [4.78, 5) is 2.04. The quantitative estimate of drug-likeness (QED) is 0.680. The lowest BCUT2D eigenvalue weighted by Gasteiger charge is -2.21. The minimum atomic E-state index is 0.176. The Kier molecular flexibility index (Phi) is 13.2. The van der Waals surface area contributed by atoms with E-state index < -0.39 is 0 Å². The van der Waals surface area contributed by atoms with E-state index in [1.54, 1.807) is 7.11 Å². The van der Waals surface area contributed by atoms with Gasteiger partial charge in [-0.1, -0.05) is 20.8 Å². The van der Waals surface area contributed by atoms with Crippen LogP contribution in [0, 0.1) is 5.92 Å². The van der Waals surface area contributed by atoms with Crippen molar-refractivity contribution in [3.8, 4) is 0 Å². The second-order valence-corrected chi connectivity index (χ2v) is 3.45. The maximum absolute atomic E-state index is 12.4. The molecule has 0 saturated heterocycles. The van der Waals surface area contributed by atoms with Gasteiger partial charge in [-0.2, -0.15) is 0 Å². The Morgan fingerprint density at radius 3 is 2.20 bits per heavy atom. The molecule has 0 aromatic rings. The summed E-state index contributed by atoms with van der Waals surface area (Å²) in [6, 6.07) is 0. The number of ether oxygens (including phenoxy) is 1. The third-order valence-corrected chi connectivity index (χ3v) is 2.03. The molecule has 0 aliphatic rings. The van der Waals surface area contributed by atoms with Crippen LogP contribution < -0.4 is 0 Å². The summed E-state index contributed by atoms with van der Waals surface area (Å²) < 4.78 is 17.5. The molecule has 1 unspecified atom stereocenters. The van der Waals surface area contributed by atoms with E-state index >= 15 is 0 Å². The topological polar surface area (TPSA) is 12.5 Å². The van der Waals surface area contributed by atoms with Crippen LogP contribution in [0.1, 0.15) is 27.2 Å². The fourth-order valence-corrected chi connectivity index (χ4v) is 1.37. The summed E-state index contributed by atoms with van der Waals surface area (Å²) in [5, 5.41) is 0. The van der Waals surface area contributed by atoms with Gasteiger partial charge in [0.15, 0.2) is 0 Å². The number of rotatable bonds is 6. The van der Waals surface area contributed by atoms with E-state index in [0.29, 0.717) is 12.9 Å². The zero-order valence-electron chi connectivity index (χ0n) is 11.0. The predicted octanol–water partition coefficient (Wildman–Crippen LogP) is 3.10. The van der Waals surface area contributed by atoms with Crippen molar-refractivity contribution in [1.29, 1.82) is 0 Å². The lowest BCUT2D eigenvalue weighted by molar-refractivity contribution is 0.148. The molecule has 92 valence electrons. The number of nitrogens with zero attached hydrogens (tertiary/aromatic N) is 1. The van der Waals surface area contributed by atoms with Crippen molar-refractivity contribution in [1.82, 2.24) is 4.90 Å². The minimum Gasteiger partial charge on any atom is -0.384 e. The Morgan fingerprint density at radius 1 is 1.40 bits per heavy atom.